The SMILES string of the molecule is CC(C)(Oc1ccc(Cl)cc1)C(=O)N1CCN(S(=O)(=O)c2ccc(C#N)cc2)CC1. The van der Waals surface area contributed by atoms with Crippen molar-refractivity contribution in [1.82, 2.24) is 9.21 Å². The number of nitriles is 1. The number of halogens is 1. The van der Waals surface area contributed by atoms with Crippen LogP contribution in [0.5, 0.6) is 5.75 Å². The first-order valence-electron chi connectivity index (χ1n) is 9.38. The Hall–Kier alpha value is -2.60. The summed E-state index contributed by atoms with van der Waals surface area (Å²) in [4.78, 5) is 14.7. The maximum absolute atomic E-state index is 13.0. The summed E-state index contributed by atoms with van der Waals surface area (Å²) in [5, 5.41) is 9.44. The number of nitrogens with zero attached hydrogens (tertiary/aromatic N) is 3. The highest BCUT2D eigenvalue weighted by Crippen LogP contribution is 2.24. The van der Waals surface area contributed by atoms with Crippen LogP contribution < -0.4 is 4.74 Å². The maximum atomic E-state index is 13.0. The van der Waals surface area contributed by atoms with Gasteiger partial charge < -0.3 is 9.64 Å². The van der Waals surface area contributed by atoms with Gasteiger partial charge in [0.05, 0.1) is 16.5 Å². The number of piperazine rings is 1. The quantitative estimate of drug-likeness (QED) is 0.702. The van der Waals surface area contributed by atoms with Crippen LogP contribution in [0.2, 0.25) is 5.02 Å². The van der Waals surface area contributed by atoms with Gasteiger partial charge in [0.1, 0.15) is 5.75 Å². The molecule has 1 aliphatic rings. The zero-order chi connectivity index (χ0) is 21.9. The second kappa shape index (κ2) is 8.64. The first-order chi connectivity index (χ1) is 14.1. The molecule has 3 rings (SSSR count). The normalized spacial score (nSPS) is 15.5. The van der Waals surface area contributed by atoms with Crippen molar-refractivity contribution < 1.29 is 17.9 Å². The van der Waals surface area contributed by atoms with Crippen LogP contribution in [0, 0.1) is 11.3 Å². The molecule has 1 aliphatic heterocycles. The van der Waals surface area contributed by atoms with Gasteiger partial charge in [-0.3, -0.25) is 4.79 Å². The topological polar surface area (TPSA) is 90.7 Å². The highest BCUT2D eigenvalue weighted by Gasteiger charge is 2.37. The van der Waals surface area contributed by atoms with Crippen molar-refractivity contribution in [2.45, 2.75) is 24.3 Å². The minimum Gasteiger partial charge on any atom is -0.478 e. The fourth-order valence-corrected chi connectivity index (χ4v) is 4.75. The zero-order valence-electron chi connectivity index (χ0n) is 16.7. The molecular weight excluding hydrogens is 426 g/mol. The van der Waals surface area contributed by atoms with E-state index in [4.69, 9.17) is 21.6 Å². The van der Waals surface area contributed by atoms with Crippen LogP contribution in [0.1, 0.15) is 19.4 Å². The van der Waals surface area contributed by atoms with Crippen LogP contribution in [0.4, 0.5) is 0 Å². The lowest BCUT2D eigenvalue weighted by Crippen LogP contribution is -2.56. The van der Waals surface area contributed by atoms with Crippen molar-refractivity contribution in [2.24, 2.45) is 0 Å². The summed E-state index contributed by atoms with van der Waals surface area (Å²) >= 11 is 5.88. The van der Waals surface area contributed by atoms with Gasteiger partial charge in [0.15, 0.2) is 5.60 Å². The van der Waals surface area contributed by atoms with Crippen LogP contribution in [-0.4, -0.2) is 55.3 Å². The van der Waals surface area contributed by atoms with E-state index in [2.05, 4.69) is 0 Å². The third kappa shape index (κ3) is 4.75. The van der Waals surface area contributed by atoms with Gasteiger partial charge in [-0.25, -0.2) is 8.42 Å². The Bertz CT molecular complexity index is 1050. The van der Waals surface area contributed by atoms with Gasteiger partial charge in [-0.1, -0.05) is 11.6 Å². The van der Waals surface area contributed by atoms with Crippen molar-refractivity contribution >= 4 is 27.5 Å². The van der Waals surface area contributed by atoms with E-state index in [0.29, 0.717) is 16.3 Å². The summed E-state index contributed by atoms with van der Waals surface area (Å²) < 4.78 is 32.9. The lowest BCUT2D eigenvalue weighted by atomic mass is 10.1. The lowest BCUT2D eigenvalue weighted by molar-refractivity contribution is -0.146. The average Bonchev–Trinajstić information content (AvgIpc) is 2.75. The number of carbonyl (C=O) groups is 1. The molecule has 0 spiro atoms. The Labute approximate surface area is 181 Å². The molecule has 0 unspecified atom stereocenters. The van der Waals surface area contributed by atoms with Crippen molar-refractivity contribution in [3.05, 3.63) is 59.1 Å². The van der Waals surface area contributed by atoms with E-state index >= 15 is 0 Å². The molecule has 2 aromatic rings. The first-order valence-corrected chi connectivity index (χ1v) is 11.2. The van der Waals surface area contributed by atoms with Gasteiger partial charge in [-0.2, -0.15) is 9.57 Å². The summed E-state index contributed by atoms with van der Waals surface area (Å²) in [6.07, 6.45) is 0. The summed E-state index contributed by atoms with van der Waals surface area (Å²) in [5.41, 5.74) is -0.713. The highest BCUT2D eigenvalue weighted by atomic mass is 35.5. The summed E-state index contributed by atoms with van der Waals surface area (Å²) in [6, 6.07) is 14.5. The monoisotopic (exact) mass is 447 g/mol. The zero-order valence-corrected chi connectivity index (χ0v) is 18.3. The van der Waals surface area contributed by atoms with Gasteiger partial charge in [0.2, 0.25) is 10.0 Å². The Morgan fingerprint density at radius 3 is 2.13 bits per heavy atom. The molecule has 1 saturated heterocycles. The van der Waals surface area contributed by atoms with E-state index in [1.807, 2.05) is 6.07 Å². The molecule has 7 nitrogen and oxygen atoms in total. The van der Waals surface area contributed by atoms with Crippen LogP contribution in [0.15, 0.2) is 53.4 Å². The van der Waals surface area contributed by atoms with Crippen LogP contribution >= 0.6 is 11.6 Å². The molecule has 0 aromatic heterocycles. The fourth-order valence-electron chi connectivity index (χ4n) is 3.20. The van der Waals surface area contributed by atoms with Gasteiger partial charge in [-0.15, -0.1) is 0 Å². The number of sulfonamides is 1. The smallest absolute Gasteiger partial charge is 0.266 e. The van der Waals surface area contributed by atoms with E-state index in [1.54, 1.807) is 43.0 Å². The summed E-state index contributed by atoms with van der Waals surface area (Å²) in [5.74, 6) is 0.313. The maximum Gasteiger partial charge on any atom is 0.266 e. The van der Waals surface area contributed by atoms with E-state index in [1.165, 1.54) is 28.6 Å². The number of hydrogen-bond donors (Lipinski definition) is 0. The van der Waals surface area contributed by atoms with E-state index in [9.17, 15) is 13.2 Å². The predicted molar refractivity (Wildman–Crippen MR) is 113 cm³/mol. The second-order valence-electron chi connectivity index (χ2n) is 7.40. The predicted octanol–water partition coefficient (Wildman–Crippen LogP) is 2.90. The molecule has 0 radical (unpaired) electrons. The number of rotatable bonds is 5. The number of carbonyl (C=O) groups excluding carboxylic acids is 1. The molecule has 2 aromatic carbocycles. The van der Waals surface area contributed by atoms with E-state index in [-0.39, 0.29) is 37.0 Å². The van der Waals surface area contributed by atoms with Crippen molar-refractivity contribution in [2.75, 3.05) is 26.2 Å². The van der Waals surface area contributed by atoms with Gasteiger partial charge in [0, 0.05) is 31.2 Å². The van der Waals surface area contributed by atoms with Crippen LogP contribution in [0.25, 0.3) is 0 Å². The lowest BCUT2D eigenvalue weighted by Gasteiger charge is -2.38. The van der Waals surface area contributed by atoms with Crippen molar-refractivity contribution in [1.29, 1.82) is 5.26 Å². The van der Waals surface area contributed by atoms with Gasteiger partial charge in [-0.05, 0) is 62.4 Å². The Balaban J connectivity index is 1.64. The number of hydrogen-bond acceptors (Lipinski definition) is 5. The van der Waals surface area contributed by atoms with E-state index < -0.39 is 15.6 Å². The minimum absolute atomic E-state index is 0.132. The summed E-state index contributed by atoms with van der Waals surface area (Å²) in [7, 11) is -3.68. The minimum atomic E-state index is -3.68. The molecule has 1 heterocycles. The third-order valence-corrected chi connectivity index (χ3v) is 7.01. The van der Waals surface area contributed by atoms with E-state index in [0.717, 1.165) is 0 Å². The molecule has 0 atom stereocenters. The van der Waals surface area contributed by atoms with Gasteiger partial charge >= 0.3 is 0 Å². The summed E-state index contributed by atoms with van der Waals surface area (Å²) in [6.45, 7) is 4.27. The van der Waals surface area contributed by atoms with Crippen LogP contribution in [0.3, 0.4) is 0 Å². The average molecular weight is 448 g/mol. The van der Waals surface area contributed by atoms with Crippen LogP contribution in [-0.2, 0) is 14.8 Å². The van der Waals surface area contributed by atoms with Crippen molar-refractivity contribution in [3.8, 4) is 11.8 Å². The number of ether oxygens (including phenoxy) is 1. The molecule has 0 aliphatic carbocycles. The molecule has 0 bridgehead atoms. The number of amides is 1. The molecule has 158 valence electrons. The van der Waals surface area contributed by atoms with Gasteiger partial charge in [0.25, 0.3) is 5.91 Å². The van der Waals surface area contributed by atoms with Crippen molar-refractivity contribution in [3.63, 3.8) is 0 Å². The molecule has 30 heavy (non-hydrogen) atoms. The first kappa shape index (κ1) is 22.1. The Morgan fingerprint density at radius 2 is 1.60 bits per heavy atom. The standard InChI is InChI=1S/C21H22ClN3O4S/c1-21(2,29-18-7-5-17(22)6-8-18)20(26)24-11-13-25(14-12-24)30(27,28)19-9-3-16(15-23)4-10-19/h3-10H,11-14H2,1-2H3. The molecule has 9 heteroatoms. The number of benzene rings is 2. The molecule has 0 saturated carbocycles. The largest absolute Gasteiger partial charge is 0.478 e. The Kier molecular flexibility index (Phi) is 6.36. The second-order valence-corrected chi connectivity index (χ2v) is 9.77. The molecule has 0 N–H and O–H groups in total. The Morgan fingerprint density at radius 1 is 1.03 bits per heavy atom. The fraction of sp³-hybridized carbons (Fsp3) is 0.333. The molecule has 1 amide bonds. The highest BCUT2D eigenvalue weighted by molar-refractivity contribution is 7.89. The molecule has 1 fully saturated rings. The molecular formula is C21H22ClN3O4S. The third-order valence-electron chi connectivity index (χ3n) is 4.85.